The lowest BCUT2D eigenvalue weighted by molar-refractivity contribution is -0.156. The van der Waals surface area contributed by atoms with Gasteiger partial charge in [-0.2, -0.15) is 0 Å². The molecule has 2 aromatic rings. The number of para-hydroxylation sites is 1. The van der Waals surface area contributed by atoms with E-state index in [2.05, 4.69) is 5.32 Å². The highest BCUT2D eigenvalue weighted by atomic mass is 32.2. The average molecular weight is 410 g/mol. The number of hydrogen-bond donors (Lipinski definition) is 1. The fourth-order valence-electron chi connectivity index (χ4n) is 3.20. The highest BCUT2D eigenvalue weighted by Crippen LogP contribution is 2.35. The monoisotopic (exact) mass is 410 g/mol. The molecule has 150 valence electrons. The van der Waals surface area contributed by atoms with E-state index in [1.54, 1.807) is 17.0 Å². The van der Waals surface area contributed by atoms with Crippen molar-refractivity contribution in [3.05, 3.63) is 60.2 Å². The van der Waals surface area contributed by atoms with Gasteiger partial charge in [0.15, 0.2) is 0 Å². The number of amides is 2. The summed E-state index contributed by atoms with van der Waals surface area (Å²) in [5.74, 6) is -0.494. The Balaban J connectivity index is 1.42. The van der Waals surface area contributed by atoms with Crippen molar-refractivity contribution in [3.8, 4) is 0 Å². The van der Waals surface area contributed by atoms with Gasteiger partial charge >= 0.3 is 5.97 Å². The number of carbonyl (C=O) groups excluding carboxylic acids is 3. The molecule has 1 saturated carbocycles. The van der Waals surface area contributed by atoms with Gasteiger partial charge in [0.25, 0.3) is 5.91 Å². The quantitative estimate of drug-likeness (QED) is 0.710. The van der Waals surface area contributed by atoms with Crippen LogP contribution in [0.4, 0.5) is 5.69 Å². The number of benzene rings is 2. The van der Waals surface area contributed by atoms with E-state index >= 15 is 0 Å². The molecule has 7 heteroatoms. The van der Waals surface area contributed by atoms with Crippen LogP contribution < -0.4 is 10.2 Å². The second kappa shape index (κ2) is 8.69. The largest absolute Gasteiger partial charge is 0.447 e. The molecule has 29 heavy (non-hydrogen) atoms. The zero-order chi connectivity index (χ0) is 20.2. The third-order valence-corrected chi connectivity index (χ3v) is 5.91. The summed E-state index contributed by atoms with van der Waals surface area (Å²) in [5, 5.41) is 2.90. The van der Waals surface area contributed by atoms with Gasteiger partial charge in [-0.25, -0.2) is 0 Å². The molecule has 4 rings (SSSR count). The van der Waals surface area contributed by atoms with Crippen LogP contribution in [0.15, 0.2) is 59.5 Å². The summed E-state index contributed by atoms with van der Waals surface area (Å²) >= 11 is 1.50. The number of nitrogens with one attached hydrogen (secondary N) is 1. The lowest BCUT2D eigenvalue weighted by Gasteiger charge is -2.28. The Kier molecular flexibility index (Phi) is 5.85. The molecular weight excluding hydrogens is 388 g/mol. The maximum atomic E-state index is 12.6. The van der Waals surface area contributed by atoms with E-state index in [0.717, 1.165) is 23.4 Å². The van der Waals surface area contributed by atoms with Crippen molar-refractivity contribution < 1.29 is 19.1 Å². The third-order valence-electron chi connectivity index (χ3n) is 4.86. The van der Waals surface area contributed by atoms with E-state index < -0.39 is 12.1 Å². The molecule has 0 bridgehead atoms. The number of nitrogens with zero attached hydrogens (tertiary/aromatic N) is 1. The van der Waals surface area contributed by atoms with Crippen molar-refractivity contribution in [2.75, 3.05) is 17.2 Å². The number of fused-ring (bicyclic) bond motifs is 1. The van der Waals surface area contributed by atoms with Crippen LogP contribution >= 0.6 is 11.8 Å². The van der Waals surface area contributed by atoms with Gasteiger partial charge in [-0.3, -0.25) is 14.4 Å². The molecule has 1 fully saturated rings. The molecule has 1 heterocycles. The van der Waals surface area contributed by atoms with Crippen molar-refractivity contribution in [2.24, 2.45) is 0 Å². The molecule has 1 N–H and O–H groups in total. The Bertz CT molecular complexity index is 914. The van der Waals surface area contributed by atoms with Crippen LogP contribution in [0.5, 0.6) is 0 Å². The Morgan fingerprint density at radius 1 is 1.10 bits per heavy atom. The molecule has 0 saturated heterocycles. The molecule has 6 nitrogen and oxygen atoms in total. The minimum Gasteiger partial charge on any atom is -0.447 e. The van der Waals surface area contributed by atoms with E-state index in [-0.39, 0.29) is 30.8 Å². The molecular formula is C22H22N2O4S. The first-order chi connectivity index (χ1) is 14.1. The molecule has 2 aliphatic rings. The Morgan fingerprint density at radius 2 is 1.83 bits per heavy atom. The van der Waals surface area contributed by atoms with Gasteiger partial charge in [0.2, 0.25) is 12.0 Å². The summed E-state index contributed by atoms with van der Waals surface area (Å²) in [4.78, 5) is 40.1. The van der Waals surface area contributed by atoms with Gasteiger partial charge in [0.1, 0.15) is 0 Å². The summed E-state index contributed by atoms with van der Waals surface area (Å²) in [6.45, 7) is 0.223. The second-order valence-electron chi connectivity index (χ2n) is 7.12. The second-order valence-corrected chi connectivity index (χ2v) is 8.13. The number of thioether (sulfide) groups is 1. The smallest absolute Gasteiger partial charge is 0.308 e. The fraction of sp³-hybridized carbons (Fsp3) is 0.318. The number of anilines is 1. The molecule has 0 spiro atoms. The summed E-state index contributed by atoms with van der Waals surface area (Å²) in [7, 11) is 0. The molecule has 2 amide bonds. The van der Waals surface area contributed by atoms with Crippen LogP contribution in [0, 0.1) is 0 Å². The van der Waals surface area contributed by atoms with Crippen LogP contribution in [0.2, 0.25) is 0 Å². The van der Waals surface area contributed by atoms with Crippen LogP contribution in [0.1, 0.15) is 30.9 Å². The van der Waals surface area contributed by atoms with Crippen LogP contribution in [-0.2, 0) is 19.1 Å². The summed E-state index contributed by atoms with van der Waals surface area (Å²) < 4.78 is 5.55. The molecule has 2 aromatic carbocycles. The number of ether oxygens (including phenoxy) is 1. The first kappa shape index (κ1) is 19.5. The number of hydrogen-bond acceptors (Lipinski definition) is 5. The third kappa shape index (κ3) is 4.79. The van der Waals surface area contributed by atoms with Crippen LogP contribution in [0.25, 0.3) is 0 Å². The van der Waals surface area contributed by atoms with Gasteiger partial charge < -0.3 is 15.0 Å². The van der Waals surface area contributed by atoms with Gasteiger partial charge in [-0.1, -0.05) is 42.5 Å². The number of esters is 1. The van der Waals surface area contributed by atoms with Gasteiger partial charge in [-0.05, 0) is 25.0 Å². The molecule has 0 aromatic heterocycles. The standard InChI is InChI=1S/C22H22N2O4S/c25-19-14-29-18-9-5-4-8-17(18)24(19)13-12-20(26)28-21(15-6-2-1-3-7-15)22(27)23-16-10-11-16/h1-9,16,21H,10-14H2,(H,23,27)/t21-/m0/s1. The summed E-state index contributed by atoms with van der Waals surface area (Å²) in [5.41, 5.74) is 1.45. The number of rotatable bonds is 7. The first-order valence-corrected chi connectivity index (χ1v) is 10.7. The van der Waals surface area contributed by atoms with E-state index in [1.807, 2.05) is 42.5 Å². The van der Waals surface area contributed by atoms with Crippen molar-refractivity contribution >= 4 is 35.2 Å². The Morgan fingerprint density at radius 3 is 2.59 bits per heavy atom. The van der Waals surface area contributed by atoms with Crippen molar-refractivity contribution in [3.63, 3.8) is 0 Å². The van der Waals surface area contributed by atoms with Crippen LogP contribution in [-0.4, -0.2) is 36.1 Å². The fourth-order valence-corrected chi connectivity index (χ4v) is 4.13. The van der Waals surface area contributed by atoms with E-state index in [9.17, 15) is 14.4 Å². The minimum atomic E-state index is -0.982. The highest BCUT2D eigenvalue weighted by molar-refractivity contribution is 8.00. The van der Waals surface area contributed by atoms with E-state index in [4.69, 9.17) is 4.74 Å². The average Bonchev–Trinajstić information content (AvgIpc) is 3.56. The lowest BCUT2D eigenvalue weighted by atomic mass is 10.1. The predicted molar refractivity (Wildman–Crippen MR) is 111 cm³/mol. The summed E-state index contributed by atoms with van der Waals surface area (Å²) in [6.07, 6.45) is 0.945. The van der Waals surface area contributed by atoms with Crippen molar-refractivity contribution in [2.45, 2.75) is 36.3 Å². The topological polar surface area (TPSA) is 75.7 Å². The summed E-state index contributed by atoms with van der Waals surface area (Å²) in [6, 6.07) is 16.8. The maximum absolute atomic E-state index is 12.6. The van der Waals surface area contributed by atoms with Gasteiger partial charge in [0.05, 0.1) is 17.9 Å². The van der Waals surface area contributed by atoms with Crippen molar-refractivity contribution in [1.82, 2.24) is 5.32 Å². The number of carbonyl (C=O) groups is 3. The van der Waals surface area contributed by atoms with Gasteiger partial charge in [0, 0.05) is 23.0 Å². The molecule has 1 atom stereocenters. The highest BCUT2D eigenvalue weighted by Gasteiger charge is 2.31. The zero-order valence-corrected chi connectivity index (χ0v) is 16.7. The molecule has 1 aliphatic carbocycles. The SMILES string of the molecule is O=C(CCN1C(=O)CSc2ccccc21)O[C@H](C(=O)NC1CC1)c1ccccc1. The maximum Gasteiger partial charge on any atom is 0.308 e. The Hall–Kier alpha value is -2.80. The van der Waals surface area contributed by atoms with E-state index in [1.165, 1.54) is 11.8 Å². The van der Waals surface area contributed by atoms with Crippen LogP contribution in [0.3, 0.4) is 0 Å². The minimum absolute atomic E-state index is 0.0186. The normalized spacial score (nSPS) is 16.7. The lowest BCUT2D eigenvalue weighted by Crippen LogP contribution is -2.38. The van der Waals surface area contributed by atoms with E-state index in [0.29, 0.717) is 11.3 Å². The molecule has 0 radical (unpaired) electrons. The zero-order valence-electron chi connectivity index (χ0n) is 15.9. The van der Waals surface area contributed by atoms with Gasteiger partial charge in [-0.15, -0.1) is 11.8 Å². The van der Waals surface area contributed by atoms with Crippen molar-refractivity contribution in [1.29, 1.82) is 0 Å². The molecule has 1 aliphatic heterocycles. The first-order valence-electron chi connectivity index (χ1n) is 9.69. The Labute approximate surface area is 173 Å². The molecule has 0 unspecified atom stereocenters. The predicted octanol–water partition coefficient (Wildman–Crippen LogP) is 3.08.